The van der Waals surface area contributed by atoms with Crippen molar-refractivity contribution in [1.82, 2.24) is 4.90 Å². The molecule has 0 aromatic carbocycles. The first-order valence-electron chi connectivity index (χ1n) is 6.40. The zero-order valence-electron chi connectivity index (χ0n) is 11.0. The van der Waals surface area contributed by atoms with Gasteiger partial charge in [0.1, 0.15) is 0 Å². The van der Waals surface area contributed by atoms with Crippen molar-refractivity contribution in [2.75, 3.05) is 6.54 Å². The molecule has 100 valence electrons. The highest BCUT2D eigenvalue weighted by Crippen LogP contribution is 2.63. The van der Waals surface area contributed by atoms with Crippen molar-refractivity contribution in [3.63, 3.8) is 0 Å². The molecular weight excluding hydrogens is 234 g/mol. The fraction of sp³-hybridized carbons (Fsp3) is 0.769. The van der Waals surface area contributed by atoms with Gasteiger partial charge in [-0.25, -0.2) is 0 Å². The summed E-state index contributed by atoms with van der Waals surface area (Å²) < 4.78 is 0. The molecule has 0 aromatic rings. The molecule has 0 radical (unpaired) electrons. The third-order valence-corrected chi connectivity index (χ3v) is 4.28. The van der Waals surface area contributed by atoms with E-state index < -0.39 is 11.9 Å². The average Bonchev–Trinajstić information content (AvgIpc) is 2.74. The minimum atomic E-state index is -0.933. The van der Waals surface area contributed by atoms with Gasteiger partial charge in [-0.05, 0) is 11.8 Å². The third-order valence-electron chi connectivity index (χ3n) is 4.28. The Hall–Kier alpha value is -1.39. The van der Waals surface area contributed by atoms with Gasteiger partial charge in [-0.3, -0.25) is 19.3 Å². The van der Waals surface area contributed by atoms with Crippen molar-refractivity contribution in [2.24, 2.45) is 23.2 Å². The molecule has 0 aromatic heterocycles. The topological polar surface area (TPSA) is 74.7 Å². The van der Waals surface area contributed by atoms with Crippen LogP contribution < -0.4 is 0 Å². The molecule has 1 heterocycles. The molecule has 0 bridgehead atoms. The Morgan fingerprint density at radius 3 is 2.22 bits per heavy atom. The zero-order valence-corrected chi connectivity index (χ0v) is 11.0. The van der Waals surface area contributed by atoms with E-state index >= 15 is 0 Å². The molecule has 2 aliphatic rings. The van der Waals surface area contributed by atoms with Crippen molar-refractivity contribution in [3.05, 3.63) is 0 Å². The number of rotatable bonds is 5. The maximum atomic E-state index is 12.0. The molecule has 2 rings (SSSR count). The number of hydrogen-bond acceptors (Lipinski definition) is 3. The Morgan fingerprint density at radius 1 is 1.33 bits per heavy atom. The Morgan fingerprint density at radius 2 is 1.83 bits per heavy atom. The number of carboxylic acids is 1. The molecule has 0 spiro atoms. The van der Waals surface area contributed by atoms with E-state index in [4.69, 9.17) is 5.11 Å². The van der Waals surface area contributed by atoms with Crippen molar-refractivity contribution >= 4 is 17.8 Å². The lowest BCUT2D eigenvalue weighted by Gasteiger charge is -2.23. The Bertz CT molecular complexity index is 391. The van der Waals surface area contributed by atoms with Gasteiger partial charge in [0.15, 0.2) is 0 Å². The van der Waals surface area contributed by atoms with E-state index in [0.29, 0.717) is 6.42 Å². The van der Waals surface area contributed by atoms with Crippen LogP contribution in [0.15, 0.2) is 0 Å². The number of carbonyl (C=O) groups is 3. The normalized spacial score (nSPS) is 30.3. The molecule has 5 heteroatoms. The Kier molecular flexibility index (Phi) is 2.95. The summed E-state index contributed by atoms with van der Waals surface area (Å²) >= 11 is 0. The second-order valence-corrected chi connectivity index (χ2v) is 5.89. The monoisotopic (exact) mass is 253 g/mol. The minimum Gasteiger partial charge on any atom is -0.481 e. The van der Waals surface area contributed by atoms with E-state index in [-0.39, 0.29) is 35.6 Å². The Labute approximate surface area is 106 Å². The number of hydrogen-bond donors (Lipinski definition) is 1. The summed E-state index contributed by atoms with van der Waals surface area (Å²) in [6.07, 6.45) is 1.22. The van der Waals surface area contributed by atoms with Crippen LogP contribution in [0.3, 0.4) is 0 Å². The molecule has 3 unspecified atom stereocenters. The zero-order chi connectivity index (χ0) is 13.7. The van der Waals surface area contributed by atoms with Gasteiger partial charge >= 0.3 is 5.97 Å². The fourth-order valence-corrected chi connectivity index (χ4v) is 3.05. The smallest absolute Gasteiger partial charge is 0.308 e. The summed E-state index contributed by atoms with van der Waals surface area (Å²) in [5.41, 5.74) is -0.228. The van der Waals surface area contributed by atoms with Gasteiger partial charge in [-0.1, -0.05) is 27.2 Å². The Balaban J connectivity index is 2.06. The average molecular weight is 253 g/mol. The predicted octanol–water partition coefficient (Wildman–Crippen LogP) is 1.13. The van der Waals surface area contributed by atoms with Crippen molar-refractivity contribution < 1.29 is 19.5 Å². The van der Waals surface area contributed by atoms with Gasteiger partial charge in [-0.2, -0.15) is 0 Å². The van der Waals surface area contributed by atoms with Gasteiger partial charge in [0.2, 0.25) is 11.8 Å². The first-order valence-corrected chi connectivity index (χ1v) is 6.40. The number of carboxylic acid groups (broad SMARTS) is 1. The van der Waals surface area contributed by atoms with E-state index in [0.717, 1.165) is 11.3 Å². The van der Waals surface area contributed by atoms with Crippen LogP contribution in [0.4, 0.5) is 0 Å². The molecule has 2 fully saturated rings. The number of fused-ring (bicyclic) bond motifs is 1. The SMILES string of the molecule is CCCC(CN1C(=O)C2C(C1=O)C2(C)C)C(=O)O. The van der Waals surface area contributed by atoms with E-state index in [9.17, 15) is 14.4 Å². The van der Waals surface area contributed by atoms with E-state index in [1.54, 1.807) is 0 Å². The van der Waals surface area contributed by atoms with Crippen LogP contribution >= 0.6 is 0 Å². The highest BCUT2D eigenvalue weighted by Gasteiger charge is 2.72. The lowest BCUT2D eigenvalue weighted by atomic mass is 10.0. The quantitative estimate of drug-likeness (QED) is 0.745. The number of nitrogens with zero attached hydrogens (tertiary/aromatic N) is 1. The molecule has 1 saturated carbocycles. The molecule has 3 atom stereocenters. The van der Waals surface area contributed by atoms with E-state index in [1.165, 1.54) is 0 Å². The number of likely N-dealkylation sites (tertiary alicyclic amines) is 1. The molecule has 18 heavy (non-hydrogen) atoms. The standard InChI is InChI=1S/C13H19NO4/c1-4-5-7(12(17)18)6-14-10(15)8-9(11(14)16)13(8,2)3/h7-9H,4-6H2,1-3H3,(H,17,18). The molecule has 5 nitrogen and oxygen atoms in total. The molecular formula is C13H19NO4. The maximum Gasteiger partial charge on any atom is 0.308 e. The summed E-state index contributed by atoms with van der Waals surface area (Å²) in [5.74, 6) is -2.38. The second kappa shape index (κ2) is 4.07. The van der Waals surface area contributed by atoms with Gasteiger partial charge in [0, 0.05) is 6.54 Å². The highest BCUT2D eigenvalue weighted by molar-refractivity contribution is 6.10. The largest absolute Gasteiger partial charge is 0.481 e. The van der Waals surface area contributed by atoms with Gasteiger partial charge in [-0.15, -0.1) is 0 Å². The predicted molar refractivity (Wildman–Crippen MR) is 63.5 cm³/mol. The summed E-state index contributed by atoms with van der Waals surface area (Å²) in [4.78, 5) is 36.3. The lowest BCUT2D eigenvalue weighted by molar-refractivity contribution is -0.147. The first kappa shape index (κ1) is 13.1. The lowest BCUT2D eigenvalue weighted by Crippen LogP contribution is -2.41. The van der Waals surface area contributed by atoms with Gasteiger partial charge in [0.25, 0.3) is 0 Å². The van der Waals surface area contributed by atoms with Crippen molar-refractivity contribution in [3.8, 4) is 0 Å². The van der Waals surface area contributed by atoms with Crippen molar-refractivity contribution in [1.29, 1.82) is 0 Å². The molecule has 2 amide bonds. The van der Waals surface area contributed by atoms with Crippen LogP contribution in [0.1, 0.15) is 33.6 Å². The van der Waals surface area contributed by atoms with Crippen LogP contribution in [0.2, 0.25) is 0 Å². The van der Waals surface area contributed by atoms with E-state index in [2.05, 4.69) is 0 Å². The second-order valence-electron chi connectivity index (χ2n) is 5.89. The molecule has 1 aliphatic heterocycles. The minimum absolute atomic E-state index is 0.0317. The van der Waals surface area contributed by atoms with Crippen LogP contribution in [0.5, 0.6) is 0 Å². The van der Waals surface area contributed by atoms with Crippen LogP contribution in [0.25, 0.3) is 0 Å². The number of amides is 2. The van der Waals surface area contributed by atoms with Crippen LogP contribution in [-0.2, 0) is 14.4 Å². The molecule has 1 N–H and O–H groups in total. The summed E-state index contributed by atoms with van der Waals surface area (Å²) in [5, 5.41) is 9.07. The summed E-state index contributed by atoms with van der Waals surface area (Å²) in [6.45, 7) is 5.75. The summed E-state index contributed by atoms with van der Waals surface area (Å²) in [6, 6.07) is 0. The third kappa shape index (κ3) is 1.72. The van der Waals surface area contributed by atoms with Gasteiger partial charge in [0.05, 0.1) is 17.8 Å². The number of carbonyl (C=O) groups excluding carboxylic acids is 2. The number of imide groups is 1. The van der Waals surface area contributed by atoms with Crippen LogP contribution in [-0.4, -0.2) is 34.3 Å². The summed E-state index contributed by atoms with van der Waals surface area (Å²) in [7, 11) is 0. The number of aliphatic carboxylic acids is 1. The molecule has 1 aliphatic carbocycles. The highest BCUT2D eigenvalue weighted by atomic mass is 16.4. The first-order chi connectivity index (χ1) is 8.32. The van der Waals surface area contributed by atoms with Gasteiger partial charge < -0.3 is 5.11 Å². The van der Waals surface area contributed by atoms with Crippen LogP contribution in [0, 0.1) is 23.2 Å². The molecule has 1 saturated heterocycles. The van der Waals surface area contributed by atoms with E-state index in [1.807, 2.05) is 20.8 Å². The maximum absolute atomic E-state index is 12.0. The number of piperidine rings is 1. The fourth-order valence-electron chi connectivity index (χ4n) is 3.05. The van der Waals surface area contributed by atoms with Crippen molar-refractivity contribution in [2.45, 2.75) is 33.6 Å².